The number of aryl methyl sites for hydroxylation is 2. The number of H-pyrrole nitrogens is 1. The van der Waals surface area contributed by atoms with Gasteiger partial charge >= 0.3 is 5.97 Å². The van der Waals surface area contributed by atoms with Crippen LogP contribution in [0.25, 0.3) is 0 Å². The van der Waals surface area contributed by atoms with E-state index in [1.807, 2.05) is 6.20 Å². The quantitative estimate of drug-likeness (QED) is 0.667. The first kappa shape index (κ1) is 12.7. The SMILES string of the molecule is CCCCCCc1nc(CCC(=O)O)c[nH]1. The van der Waals surface area contributed by atoms with Crippen LogP contribution in [0.2, 0.25) is 0 Å². The third-order valence-electron chi connectivity index (χ3n) is 2.55. The number of carbonyl (C=O) groups is 1. The molecule has 0 amide bonds. The molecule has 0 aromatic carbocycles. The summed E-state index contributed by atoms with van der Waals surface area (Å²) < 4.78 is 0. The van der Waals surface area contributed by atoms with Crippen molar-refractivity contribution < 1.29 is 9.90 Å². The average molecular weight is 224 g/mol. The fourth-order valence-electron chi connectivity index (χ4n) is 1.61. The molecule has 1 rings (SSSR count). The summed E-state index contributed by atoms with van der Waals surface area (Å²) in [6.45, 7) is 2.19. The molecule has 0 fully saturated rings. The van der Waals surface area contributed by atoms with E-state index in [2.05, 4.69) is 16.9 Å². The number of aliphatic carboxylic acids is 1. The fourth-order valence-corrected chi connectivity index (χ4v) is 1.61. The molecule has 4 nitrogen and oxygen atoms in total. The molecule has 2 N–H and O–H groups in total. The molecule has 90 valence electrons. The van der Waals surface area contributed by atoms with Crippen LogP contribution in [0.3, 0.4) is 0 Å². The van der Waals surface area contributed by atoms with Crippen molar-refractivity contribution in [3.05, 3.63) is 17.7 Å². The standard InChI is InChI=1S/C12H20N2O2/c1-2-3-4-5-6-11-13-9-10(14-11)7-8-12(15)16/h9H,2-8H2,1H3,(H,13,14)(H,15,16). The van der Waals surface area contributed by atoms with Gasteiger partial charge in [0.25, 0.3) is 0 Å². The van der Waals surface area contributed by atoms with E-state index < -0.39 is 5.97 Å². The number of carboxylic acids is 1. The summed E-state index contributed by atoms with van der Waals surface area (Å²) in [5, 5.41) is 8.54. The van der Waals surface area contributed by atoms with E-state index >= 15 is 0 Å². The van der Waals surface area contributed by atoms with Gasteiger partial charge in [-0.2, -0.15) is 0 Å². The largest absolute Gasteiger partial charge is 0.481 e. The Kier molecular flexibility index (Phi) is 5.61. The molecule has 1 aromatic rings. The van der Waals surface area contributed by atoms with Crippen LogP contribution in [-0.4, -0.2) is 21.0 Å². The highest BCUT2D eigenvalue weighted by Gasteiger charge is 2.03. The van der Waals surface area contributed by atoms with Crippen LogP contribution < -0.4 is 0 Å². The zero-order valence-corrected chi connectivity index (χ0v) is 9.83. The monoisotopic (exact) mass is 224 g/mol. The van der Waals surface area contributed by atoms with E-state index in [0.29, 0.717) is 6.42 Å². The van der Waals surface area contributed by atoms with E-state index in [-0.39, 0.29) is 6.42 Å². The number of nitrogens with one attached hydrogen (secondary N) is 1. The summed E-state index contributed by atoms with van der Waals surface area (Å²) in [5.74, 6) is 0.212. The Hall–Kier alpha value is -1.32. The average Bonchev–Trinajstić information content (AvgIpc) is 2.70. The molecular formula is C12H20N2O2. The lowest BCUT2D eigenvalue weighted by Crippen LogP contribution is -1.97. The van der Waals surface area contributed by atoms with Gasteiger partial charge in [0.15, 0.2) is 0 Å². The minimum Gasteiger partial charge on any atom is -0.481 e. The number of nitrogens with zero attached hydrogens (tertiary/aromatic N) is 1. The first-order chi connectivity index (χ1) is 7.72. The summed E-state index contributed by atoms with van der Waals surface area (Å²) in [5.41, 5.74) is 0.855. The van der Waals surface area contributed by atoms with Crippen molar-refractivity contribution in [2.24, 2.45) is 0 Å². The summed E-state index contributed by atoms with van der Waals surface area (Å²) >= 11 is 0. The van der Waals surface area contributed by atoms with E-state index in [4.69, 9.17) is 5.11 Å². The summed E-state index contributed by atoms with van der Waals surface area (Å²) in [4.78, 5) is 17.8. The number of aromatic amines is 1. The maximum Gasteiger partial charge on any atom is 0.303 e. The molecule has 1 heterocycles. The number of imidazole rings is 1. The van der Waals surface area contributed by atoms with Gasteiger partial charge in [-0.15, -0.1) is 0 Å². The topological polar surface area (TPSA) is 66.0 Å². The van der Waals surface area contributed by atoms with E-state index in [0.717, 1.165) is 24.4 Å². The van der Waals surface area contributed by atoms with Crippen LogP contribution in [0.5, 0.6) is 0 Å². The van der Waals surface area contributed by atoms with Gasteiger partial charge in [0, 0.05) is 19.0 Å². The second-order valence-corrected chi connectivity index (χ2v) is 4.04. The Bertz CT molecular complexity index is 321. The van der Waals surface area contributed by atoms with Gasteiger partial charge in [0.2, 0.25) is 0 Å². The number of carboxylic acid groups (broad SMARTS) is 1. The highest BCUT2D eigenvalue weighted by molar-refractivity contribution is 5.66. The molecule has 0 atom stereocenters. The molecule has 1 aromatic heterocycles. The fraction of sp³-hybridized carbons (Fsp3) is 0.667. The molecule has 0 saturated heterocycles. The Morgan fingerprint density at radius 3 is 2.88 bits per heavy atom. The smallest absolute Gasteiger partial charge is 0.303 e. The Labute approximate surface area is 96.1 Å². The van der Waals surface area contributed by atoms with Crippen LogP contribution in [0, 0.1) is 0 Å². The zero-order valence-electron chi connectivity index (χ0n) is 9.83. The first-order valence-electron chi connectivity index (χ1n) is 5.97. The van der Waals surface area contributed by atoms with Gasteiger partial charge in [-0.25, -0.2) is 4.98 Å². The number of hydrogen-bond acceptors (Lipinski definition) is 2. The normalized spacial score (nSPS) is 10.6. The van der Waals surface area contributed by atoms with Crippen molar-refractivity contribution in [1.29, 1.82) is 0 Å². The maximum atomic E-state index is 10.4. The minimum absolute atomic E-state index is 0.153. The number of aromatic nitrogens is 2. The van der Waals surface area contributed by atoms with Gasteiger partial charge in [-0.3, -0.25) is 4.79 Å². The van der Waals surface area contributed by atoms with E-state index in [9.17, 15) is 4.79 Å². The van der Waals surface area contributed by atoms with Gasteiger partial charge < -0.3 is 10.1 Å². The maximum absolute atomic E-state index is 10.4. The molecule has 0 spiro atoms. The first-order valence-corrected chi connectivity index (χ1v) is 5.97. The molecule has 0 saturated carbocycles. The van der Waals surface area contributed by atoms with Crippen LogP contribution in [-0.2, 0) is 17.6 Å². The van der Waals surface area contributed by atoms with Gasteiger partial charge in [0.1, 0.15) is 5.82 Å². The van der Waals surface area contributed by atoms with E-state index in [1.165, 1.54) is 19.3 Å². The lowest BCUT2D eigenvalue weighted by molar-refractivity contribution is -0.136. The van der Waals surface area contributed by atoms with Crippen molar-refractivity contribution in [2.45, 2.75) is 51.9 Å². The molecule has 0 unspecified atom stereocenters. The second kappa shape index (κ2) is 7.04. The molecule has 16 heavy (non-hydrogen) atoms. The van der Waals surface area contributed by atoms with Crippen molar-refractivity contribution in [3.8, 4) is 0 Å². The van der Waals surface area contributed by atoms with Crippen molar-refractivity contribution in [2.75, 3.05) is 0 Å². The number of unbranched alkanes of at least 4 members (excludes halogenated alkanes) is 3. The zero-order chi connectivity index (χ0) is 11.8. The van der Waals surface area contributed by atoms with E-state index in [1.54, 1.807) is 0 Å². The van der Waals surface area contributed by atoms with Crippen molar-refractivity contribution >= 4 is 5.97 Å². The highest BCUT2D eigenvalue weighted by atomic mass is 16.4. The van der Waals surface area contributed by atoms with Crippen LogP contribution in [0.15, 0.2) is 6.20 Å². The number of rotatable bonds is 8. The van der Waals surface area contributed by atoms with Crippen LogP contribution in [0.4, 0.5) is 0 Å². The molecule has 0 aliphatic heterocycles. The highest BCUT2D eigenvalue weighted by Crippen LogP contribution is 2.06. The van der Waals surface area contributed by atoms with Crippen molar-refractivity contribution in [3.63, 3.8) is 0 Å². The lowest BCUT2D eigenvalue weighted by atomic mass is 10.1. The second-order valence-electron chi connectivity index (χ2n) is 4.04. The van der Waals surface area contributed by atoms with Crippen LogP contribution in [0.1, 0.15) is 50.5 Å². The van der Waals surface area contributed by atoms with Gasteiger partial charge in [-0.05, 0) is 6.42 Å². The molecule has 0 radical (unpaired) electrons. The number of hydrogen-bond donors (Lipinski definition) is 2. The summed E-state index contributed by atoms with van der Waals surface area (Å²) in [6, 6.07) is 0. The molecule has 0 bridgehead atoms. The molecule has 0 aliphatic carbocycles. The Morgan fingerprint density at radius 1 is 1.38 bits per heavy atom. The third-order valence-corrected chi connectivity index (χ3v) is 2.55. The Balaban J connectivity index is 2.25. The Morgan fingerprint density at radius 2 is 2.19 bits per heavy atom. The molecule has 0 aliphatic rings. The molecule has 4 heteroatoms. The minimum atomic E-state index is -0.771. The summed E-state index contributed by atoms with van der Waals surface area (Å²) in [7, 11) is 0. The van der Waals surface area contributed by atoms with Crippen LogP contribution >= 0.6 is 0 Å². The predicted octanol–water partition coefficient (Wildman–Crippen LogP) is 2.55. The van der Waals surface area contributed by atoms with Gasteiger partial charge in [-0.1, -0.05) is 26.2 Å². The van der Waals surface area contributed by atoms with Crippen molar-refractivity contribution in [1.82, 2.24) is 9.97 Å². The summed E-state index contributed by atoms with van der Waals surface area (Å²) in [6.07, 6.45) is 8.35. The predicted molar refractivity (Wildman–Crippen MR) is 62.4 cm³/mol. The molecular weight excluding hydrogens is 204 g/mol. The van der Waals surface area contributed by atoms with Gasteiger partial charge in [0.05, 0.1) is 12.1 Å². The third kappa shape index (κ3) is 4.96. The lowest BCUT2D eigenvalue weighted by Gasteiger charge is -1.96.